The van der Waals surface area contributed by atoms with Crippen LogP contribution in [0.15, 0.2) is 29.3 Å². The average Bonchev–Trinajstić information content (AvgIpc) is 3.19. The molecule has 0 bridgehead atoms. The summed E-state index contributed by atoms with van der Waals surface area (Å²) < 4.78 is 24.3. The molecule has 7 heteroatoms. The van der Waals surface area contributed by atoms with E-state index in [0.29, 0.717) is 13.2 Å². The fourth-order valence-electron chi connectivity index (χ4n) is 3.39. The summed E-state index contributed by atoms with van der Waals surface area (Å²) in [6, 6.07) is 6.70. The zero-order valence-electron chi connectivity index (χ0n) is 15.5. The van der Waals surface area contributed by atoms with Crippen LogP contribution in [0.3, 0.4) is 0 Å². The zero-order chi connectivity index (χ0) is 18.2. The van der Waals surface area contributed by atoms with E-state index >= 15 is 0 Å². The molecule has 6 nitrogen and oxygen atoms in total. The van der Waals surface area contributed by atoms with Crippen LogP contribution in [-0.2, 0) is 9.47 Å². The highest BCUT2D eigenvalue weighted by Gasteiger charge is 2.20. The minimum atomic E-state index is -0.196. The van der Waals surface area contributed by atoms with Gasteiger partial charge in [-0.3, -0.25) is 4.99 Å². The molecule has 0 saturated carbocycles. The molecule has 2 aliphatic rings. The lowest BCUT2D eigenvalue weighted by Gasteiger charge is -2.37. The van der Waals surface area contributed by atoms with Crippen molar-refractivity contribution in [3.8, 4) is 0 Å². The van der Waals surface area contributed by atoms with E-state index in [-0.39, 0.29) is 11.9 Å². The Labute approximate surface area is 155 Å². The molecule has 1 aromatic rings. The summed E-state index contributed by atoms with van der Waals surface area (Å²) in [6.07, 6.45) is 2.52. The molecule has 1 aromatic carbocycles. The lowest BCUT2D eigenvalue weighted by Crippen LogP contribution is -2.53. The first-order chi connectivity index (χ1) is 12.8. The predicted octanol–water partition coefficient (Wildman–Crippen LogP) is 1.72. The van der Waals surface area contributed by atoms with Gasteiger partial charge in [0.15, 0.2) is 5.96 Å². The third-order valence-electron chi connectivity index (χ3n) is 4.84. The Morgan fingerprint density at radius 2 is 2.04 bits per heavy atom. The van der Waals surface area contributed by atoms with Gasteiger partial charge in [-0.25, -0.2) is 4.39 Å². The van der Waals surface area contributed by atoms with Crippen molar-refractivity contribution in [2.45, 2.75) is 18.9 Å². The first-order valence-electron chi connectivity index (χ1n) is 9.42. The first-order valence-corrected chi connectivity index (χ1v) is 9.42. The topological polar surface area (TPSA) is 49.3 Å². The van der Waals surface area contributed by atoms with Gasteiger partial charge >= 0.3 is 0 Å². The van der Waals surface area contributed by atoms with E-state index in [1.54, 1.807) is 0 Å². The SMILES string of the molecule is CN=C(NCCOCC1CCCO1)N1CCN(c2ccc(F)cc2)CC1. The molecular formula is C19H29FN4O2. The van der Waals surface area contributed by atoms with Crippen LogP contribution < -0.4 is 10.2 Å². The maximum Gasteiger partial charge on any atom is 0.193 e. The van der Waals surface area contributed by atoms with E-state index in [1.807, 2.05) is 19.2 Å². The molecule has 3 rings (SSSR count). The third kappa shape index (κ3) is 5.32. The average molecular weight is 364 g/mol. The minimum Gasteiger partial charge on any atom is -0.377 e. The maximum atomic E-state index is 13.1. The molecule has 0 amide bonds. The molecule has 26 heavy (non-hydrogen) atoms. The fourth-order valence-corrected chi connectivity index (χ4v) is 3.39. The number of nitrogens with one attached hydrogen (secondary N) is 1. The zero-order valence-corrected chi connectivity index (χ0v) is 15.5. The van der Waals surface area contributed by atoms with Gasteiger partial charge in [0.2, 0.25) is 0 Å². The molecule has 2 heterocycles. The Balaban J connectivity index is 1.35. The number of hydrogen-bond acceptors (Lipinski definition) is 4. The highest BCUT2D eigenvalue weighted by molar-refractivity contribution is 5.80. The standard InChI is InChI=1S/C19H29FN4O2/c1-21-19(22-8-14-25-15-18-3-2-13-26-18)24-11-9-23(10-12-24)17-6-4-16(20)5-7-17/h4-7,18H,2-3,8-15H2,1H3,(H,21,22). The summed E-state index contributed by atoms with van der Waals surface area (Å²) in [4.78, 5) is 8.90. The Kier molecular flexibility index (Phi) is 7.08. The number of hydrogen-bond donors (Lipinski definition) is 1. The van der Waals surface area contributed by atoms with Gasteiger partial charge in [0, 0.05) is 52.1 Å². The number of ether oxygens (including phenoxy) is 2. The van der Waals surface area contributed by atoms with E-state index in [0.717, 1.165) is 63.8 Å². The molecule has 2 saturated heterocycles. The maximum absolute atomic E-state index is 13.1. The van der Waals surface area contributed by atoms with Gasteiger partial charge in [0.05, 0.1) is 19.3 Å². The number of rotatable bonds is 6. The Morgan fingerprint density at radius 3 is 2.69 bits per heavy atom. The summed E-state index contributed by atoms with van der Waals surface area (Å²) in [5.41, 5.74) is 1.07. The normalized spacial score (nSPS) is 21.3. The van der Waals surface area contributed by atoms with Crippen molar-refractivity contribution in [3.63, 3.8) is 0 Å². The molecule has 1 N–H and O–H groups in total. The van der Waals surface area contributed by atoms with Crippen LogP contribution in [-0.4, -0.2) is 76.6 Å². The Hall–Kier alpha value is -1.86. The third-order valence-corrected chi connectivity index (χ3v) is 4.84. The van der Waals surface area contributed by atoms with E-state index in [2.05, 4.69) is 20.1 Å². The first kappa shape index (κ1) is 18.9. The number of halogens is 1. The van der Waals surface area contributed by atoms with Crippen molar-refractivity contribution in [3.05, 3.63) is 30.1 Å². The summed E-state index contributed by atoms with van der Waals surface area (Å²) in [7, 11) is 1.81. The second-order valence-corrected chi connectivity index (χ2v) is 6.63. The van der Waals surface area contributed by atoms with Crippen LogP contribution >= 0.6 is 0 Å². The summed E-state index contributed by atoms with van der Waals surface area (Å²) in [5, 5.41) is 3.37. The second-order valence-electron chi connectivity index (χ2n) is 6.63. The minimum absolute atomic E-state index is 0.196. The summed E-state index contributed by atoms with van der Waals surface area (Å²) in [5.74, 6) is 0.711. The molecule has 0 aromatic heterocycles. The van der Waals surface area contributed by atoms with Gasteiger partial charge < -0.3 is 24.6 Å². The number of piperazine rings is 1. The molecule has 2 fully saturated rings. The fraction of sp³-hybridized carbons (Fsp3) is 0.632. The van der Waals surface area contributed by atoms with Crippen molar-refractivity contribution in [1.29, 1.82) is 0 Å². The molecule has 144 valence electrons. The van der Waals surface area contributed by atoms with E-state index < -0.39 is 0 Å². The van der Waals surface area contributed by atoms with Crippen LogP contribution in [0.4, 0.5) is 10.1 Å². The Morgan fingerprint density at radius 1 is 1.27 bits per heavy atom. The van der Waals surface area contributed by atoms with Gasteiger partial charge in [-0.2, -0.15) is 0 Å². The lowest BCUT2D eigenvalue weighted by atomic mass is 10.2. The second kappa shape index (κ2) is 9.73. The van der Waals surface area contributed by atoms with Gasteiger partial charge in [-0.1, -0.05) is 0 Å². The van der Waals surface area contributed by atoms with E-state index in [4.69, 9.17) is 9.47 Å². The van der Waals surface area contributed by atoms with Crippen LogP contribution in [0.2, 0.25) is 0 Å². The van der Waals surface area contributed by atoms with Gasteiger partial charge in [-0.05, 0) is 37.1 Å². The molecule has 1 unspecified atom stereocenters. The van der Waals surface area contributed by atoms with Gasteiger partial charge in [-0.15, -0.1) is 0 Å². The number of nitrogens with zero attached hydrogens (tertiary/aromatic N) is 3. The number of anilines is 1. The molecule has 0 radical (unpaired) electrons. The van der Waals surface area contributed by atoms with Crippen LogP contribution in [0, 0.1) is 5.82 Å². The smallest absolute Gasteiger partial charge is 0.193 e. The summed E-state index contributed by atoms with van der Waals surface area (Å²) in [6.45, 7) is 6.47. The monoisotopic (exact) mass is 364 g/mol. The number of benzene rings is 1. The van der Waals surface area contributed by atoms with Gasteiger partial charge in [0.1, 0.15) is 5.82 Å². The van der Waals surface area contributed by atoms with Crippen LogP contribution in [0.25, 0.3) is 0 Å². The highest BCUT2D eigenvalue weighted by Crippen LogP contribution is 2.17. The summed E-state index contributed by atoms with van der Waals surface area (Å²) >= 11 is 0. The molecular weight excluding hydrogens is 335 g/mol. The van der Waals surface area contributed by atoms with Crippen LogP contribution in [0.1, 0.15) is 12.8 Å². The molecule has 2 aliphatic heterocycles. The van der Waals surface area contributed by atoms with Gasteiger partial charge in [0.25, 0.3) is 0 Å². The quantitative estimate of drug-likeness (QED) is 0.473. The Bertz CT molecular complexity index is 567. The lowest BCUT2D eigenvalue weighted by molar-refractivity contribution is 0.0190. The number of aliphatic imine (C=N–C) groups is 1. The van der Waals surface area contributed by atoms with Crippen molar-refractivity contribution in [1.82, 2.24) is 10.2 Å². The van der Waals surface area contributed by atoms with Crippen LogP contribution in [0.5, 0.6) is 0 Å². The van der Waals surface area contributed by atoms with E-state index in [1.165, 1.54) is 12.1 Å². The van der Waals surface area contributed by atoms with Crippen molar-refractivity contribution >= 4 is 11.6 Å². The number of guanidine groups is 1. The molecule has 0 aliphatic carbocycles. The largest absolute Gasteiger partial charge is 0.377 e. The van der Waals surface area contributed by atoms with E-state index in [9.17, 15) is 4.39 Å². The predicted molar refractivity (Wildman–Crippen MR) is 101 cm³/mol. The molecule has 0 spiro atoms. The van der Waals surface area contributed by atoms with Crippen molar-refractivity contribution in [2.75, 3.05) is 64.5 Å². The van der Waals surface area contributed by atoms with Crippen molar-refractivity contribution < 1.29 is 13.9 Å². The highest BCUT2D eigenvalue weighted by atomic mass is 19.1. The molecule has 1 atom stereocenters. The van der Waals surface area contributed by atoms with Crippen molar-refractivity contribution in [2.24, 2.45) is 4.99 Å².